The average Bonchev–Trinajstić information content (AvgIpc) is 2.95. The molecule has 7 heteroatoms. The second kappa shape index (κ2) is 6.97. The van der Waals surface area contributed by atoms with Crippen molar-refractivity contribution in [2.24, 2.45) is 11.8 Å². The minimum Gasteiger partial charge on any atom is -0.396 e. The summed E-state index contributed by atoms with van der Waals surface area (Å²) in [5.74, 6) is 0.811. The van der Waals surface area contributed by atoms with Crippen molar-refractivity contribution in [3.05, 3.63) is 11.9 Å². The predicted octanol–water partition coefficient (Wildman–Crippen LogP) is 0.0479. The third kappa shape index (κ3) is 3.72. The lowest BCUT2D eigenvalue weighted by Gasteiger charge is -2.49. The number of aliphatic hydroxyl groups excluding tert-OH is 1. The SMILES string of the molecule is CC(C)NC(=O)C1CN2CCC1CC2Cn1cc(CCO)nn1. The number of aliphatic hydroxyl groups is 1. The molecule has 2 N–H and O–H groups in total. The van der Waals surface area contributed by atoms with E-state index in [-0.39, 0.29) is 24.5 Å². The normalized spacial score (nSPS) is 29.9. The first-order chi connectivity index (χ1) is 11.1. The van der Waals surface area contributed by atoms with E-state index in [9.17, 15) is 4.79 Å². The van der Waals surface area contributed by atoms with Gasteiger partial charge in [0.2, 0.25) is 5.91 Å². The quantitative estimate of drug-likeness (QED) is 0.773. The van der Waals surface area contributed by atoms with Gasteiger partial charge >= 0.3 is 0 Å². The fourth-order valence-corrected chi connectivity index (χ4v) is 3.89. The topological polar surface area (TPSA) is 83.3 Å². The minimum absolute atomic E-state index is 0.100. The molecule has 0 saturated carbocycles. The molecule has 4 atom stereocenters. The highest BCUT2D eigenvalue weighted by molar-refractivity contribution is 5.79. The van der Waals surface area contributed by atoms with Crippen LogP contribution >= 0.6 is 0 Å². The molecule has 2 bridgehead atoms. The molecule has 0 aromatic carbocycles. The number of hydrogen-bond donors (Lipinski definition) is 2. The first-order valence-corrected chi connectivity index (χ1v) is 8.61. The van der Waals surface area contributed by atoms with Gasteiger partial charge < -0.3 is 10.4 Å². The molecule has 1 amide bonds. The number of nitrogens with zero attached hydrogens (tertiary/aromatic N) is 4. The molecule has 1 aromatic rings. The number of aromatic nitrogens is 3. The summed E-state index contributed by atoms with van der Waals surface area (Å²) >= 11 is 0. The first-order valence-electron chi connectivity index (χ1n) is 8.61. The molecule has 0 aliphatic carbocycles. The summed E-state index contributed by atoms with van der Waals surface area (Å²) in [5.41, 5.74) is 0.831. The summed E-state index contributed by atoms with van der Waals surface area (Å²) < 4.78 is 1.87. The van der Waals surface area contributed by atoms with E-state index in [1.165, 1.54) is 0 Å². The number of amides is 1. The van der Waals surface area contributed by atoms with Crippen molar-refractivity contribution < 1.29 is 9.90 Å². The van der Waals surface area contributed by atoms with Crippen LogP contribution in [0.25, 0.3) is 0 Å². The standard InChI is InChI=1S/C16H27N5O2/c1-11(2)17-16(23)15-10-20-5-3-12(15)7-14(20)9-21-8-13(4-6-22)18-19-21/h8,11-12,14-15,22H,3-7,9-10H2,1-2H3,(H,17,23). The fourth-order valence-electron chi connectivity index (χ4n) is 3.89. The van der Waals surface area contributed by atoms with Gasteiger partial charge in [0.1, 0.15) is 0 Å². The molecular weight excluding hydrogens is 294 g/mol. The molecule has 4 unspecified atom stereocenters. The van der Waals surface area contributed by atoms with E-state index in [4.69, 9.17) is 5.11 Å². The van der Waals surface area contributed by atoms with Gasteiger partial charge in [-0.1, -0.05) is 5.21 Å². The number of carbonyl (C=O) groups is 1. The molecule has 3 saturated heterocycles. The second-order valence-electron chi connectivity index (χ2n) is 7.11. The average molecular weight is 321 g/mol. The Balaban J connectivity index is 1.59. The van der Waals surface area contributed by atoms with Gasteiger partial charge in [-0.3, -0.25) is 14.4 Å². The zero-order valence-corrected chi connectivity index (χ0v) is 14.0. The van der Waals surface area contributed by atoms with Crippen molar-refractivity contribution in [2.75, 3.05) is 19.7 Å². The van der Waals surface area contributed by atoms with Crippen LogP contribution in [0.5, 0.6) is 0 Å². The van der Waals surface area contributed by atoms with Crippen LogP contribution in [0.1, 0.15) is 32.4 Å². The smallest absolute Gasteiger partial charge is 0.224 e. The Labute approximate surface area is 137 Å². The van der Waals surface area contributed by atoms with Crippen molar-refractivity contribution >= 4 is 5.91 Å². The lowest BCUT2D eigenvalue weighted by molar-refractivity contribution is -0.133. The highest BCUT2D eigenvalue weighted by atomic mass is 16.3. The number of fused-ring (bicyclic) bond motifs is 3. The van der Waals surface area contributed by atoms with Crippen LogP contribution < -0.4 is 5.32 Å². The van der Waals surface area contributed by atoms with Crippen molar-refractivity contribution in [3.8, 4) is 0 Å². The number of piperidine rings is 3. The van der Waals surface area contributed by atoms with E-state index in [2.05, 4.69) is 20.5 Å². The van der Waals surface area contributed by atoms with Gasteiger partial charge in [-0.15, -0.1) is 5.10 Å². The summed E-state index contributed by atoms with van der Waals surface area (Å²) in [5, 5.41) is 20.3. The van der Waals surface area contributed by atoms with Crippen LogP contribution in [0, 0.1) is 11.8 Å². The Morgan fingerprint density at radius 3 is 3.00 bits per heavy atom. The maximum absolute atomic E-state index is 12.3. The van der Waals surface area contributed by atoms with Crippen LogP contribution in [0.4, 0.5) is 0 Å². The Hall–Kier alpha value is -1.47. The van der Waals surface area contributed by atoms with Crippen LogP contribution in [0.2, 0.25) is 0 Å². The van der Waals surface area contributed by atoms with E-state index >= 15 is 0 Å². The molecular formula is C16H27N5O2. The van der Waals surface area contributed by atoms with Crippen molar-refractivity contribution in [1.82, 2.24) is 25.2 Å². The monoisotopic (exact) mass is 321 g/mol. The summed E-state index contributed by atoms with van der Waals surface area (Å²) in [6.07, 6.45) is 4.63. The summed E-state index contributed by atoms with van der Waals surface area (Å²) in [7, 11) is 0. The van der Waals surface area contributed by atoms with Gasteiger partial charge in [0.15, 0.2) is 0 Å². The Morgan fingerprint density at radius 1 is 1.52 bits per heavy atom. The van der Waals surface area contributed by atoms with Gasteiger partial charge in [-0.25, -0.2) is 0 Å². The molecule has 3 aliphatic rings. The van der Waals surface area contributed by atoms with E-state index in [0.29, 0.717) is 18.4 Å². The number of hydrogen-bond acceptors (Lipinski definition) is 5. The molecule has 128 valence electrons. The van der Waals surface area contributed by atoms with Crippen LogP contribution in [-0.4, -0.2) is 62.7 Å². The van der Waals surface area contributed by atoms with E-state index < -0.39 is 0 Å². The number of carbonyl (C=O) groups excluding carboxylic acids is 1. The molecule has 3 aliphatic heterocycles. The molecule has 1 aromatic heterocycles. The summed E-state index contributed by atoms with van der Waals surface area (Å²) in [6, 6.07) is 0.634. The molecule has 3 fully saturated rings. The molecule has 0 spiro atoms. The highest BCUT2D eigenvalue weighted by Gasteiger charge is 2.43. The lowest BCUT2D eigenvalue weighted by atomic mass is 9.75. The lowest BCUT2D eigenvalue weighted by Crippen LogP contribution is -2.58. The fraction of sp³-hybridized carbons (Fsp3) is 0.812. The maximum atomic E-state index is 12.3. The van der Waals surface area contributed by atoms with Crippen LogP contribution in [0.3, 0.4) is 0 Å². The van der Waals surface area contributed by atoms with Crippen molar-refractivity contribution in [1.29, 1.82) is 0 Å². The van der Waals surface area contributed by atoms with Gasteiger partial charge in [-0.05, 0) is 39.2 Å². The molecule has 23 heavy (non-hydrogen) atoms. The van der Waals surface area contributed by atoms with Gasteiger partial charge in [-0.2, -0.15) is 0 Å². The third-order valence-electron chi connectivity index (χ3n) is 5.00. The van der Waals surface area contributed by atoms with Gasteiger partial charge in [0.05, 0.1) is 18.2 Å². The van der Waals surface area contributed by atoms with Crippen molar-refractivity contribution in [3.63, 3.8) is 0 Å². The predicted molar refractivity (Wildman–Crippen MR) is 85.7 cm³/mol. The third-order valence-corrected chi connectivity index (χ3v) is 5.00. The first kappa shape index (κ1) is 16.4. The van der Waals surface area contributed by atoms with Crippen LogP contribution in [-0.2, 0) is 17.8 Å². The highest BCUT2D eigenvalue weighted by Crippen LogP contribution is 2.36. The van der Waals surface area contributed by atoms with Crippen molar-refractivity contribution in [2.45, 2.75) is 51.7 Å². The molecule has 0 radical (unpaired) electrons. The van der Waals surface area contributed by atoms with Gasteiger partial charge in [0, 0.05) is 37.9 Å². The Morgan fingerprint density at radius 2 is 2.35 bits per heavy atom. The van der Waals surface area contributed by atoms with Gasteiger partial charge in [0.25, 0.3) is 0 Å². The zero-order chi connectivity index (χ0) is 16.4. The summed E-state index contributed by atoms with van der Waals surface area (Å²) in [6.45, 7) is 6.86. The maximum Gasteiger partial charge on any atom is 0.224 e. The number of rotatable bonds is 6. The second-order valence-corrected chi connectivity index (χ2v) is 7.11. The van der Waals surface area contributed by atoms with Crippen LogP contribution in [0.15, 0.2) is 6.20 Å². The van der Waals surface area contributed by atoms with E-state index in [1.54, 1.807) is 0 Å². The molecule has 4 rings (SSSR count). The zero-order valence-electron chi connectivity index (χ0n) is 14.0. The molecule has 7 nitrogen and oxygen atoms in total. The Kier molecular flexibility index (Phi) is 4.96. The van der Waals surface area contributed by atoms with E-state index in [0.717, 1.165) is 38.2 Å². The minimum atomic E-state index is 0.100. The largest absolute Gasteiger partial charge is 0.396 e. The molecule has 4 heterocycles. The Bertz CT molecular complexity index is 544. The summed E-state index contributed by atoms with van der Waals surface area (Å²) in [4.78, 5) is 14.8. The van der Waals surface area contributed by atoms with E-state index in [1.807, 2.05) is 24.7 Å². The number of nitrogens with one attached hydrogen (secondary N) is 1.